The van der Waals surface area contributed by atoms with Crippen LogP contribution in [0.3, 0.4) is 0 Å². The molecule has 0 heterocycles. The number of carbonyl (C=O) groups is 2. The molecule has 0 radical (unpaired) electrons. The molecule has 0 amide bonds. The number of esters is 1. The Hall–Kier alpha value is -1.12. The molecule has 3 nitrogen and oxygen atoms in total. The number of Topliss-reactive ketones (excluding diaryl/α,β-unsaturated/α-hetero) is 1. The molecule has 0 N–H and O–H groups in total. The summed E-state index contributed by atoms with van der Waals surface area (Å²) in [6, 6.07) is 0. The Morgan fingerprint density at radius 2 is 1.91 bits per heavy atom. The second-order valence-corrected chi connectivity index (χ2v) is 12.1. The molecule has 2 saturated carbocycles. The zero-order valence-electron chi connectivity index (χ0n) is 21.6. The molecule has 0 saturated heterocycles. The van der Waals surface area contributed by atoms with Crippen molar-refractivity contribution in [3.63, 3.8) is 0 Å². The first-order valence-electron chi connectivity index (χ1n) is 13.5. The average Bonchev–Trinajstić information content (AvgIpc) is 3.06. The topological polar surface area (TPSA) is 43.4 Å². The second kappa shape index (κ2) is 10.9. The van der Waals surface area contributed by atoms with Crippen molar-refractivity contribution >= 4 is 11.8 Å². The highest BCUT2D eigenvalue weighted by Gasteiger charge is 2.54. The summed E-state index contributed by atoms with van der Waals surface area (Å²) in [6.07, 6.45) is 14.1. The minimum absolute atomic E-state index is 0.270. The van der Waals surface area contributed by atoms with Crippen molar-refractivity contribution < 1.29 is 14.3 Å². The minimum atomic E-state index is -0.289. The molecule has 3 aliphatic carbocycles. The monoisotopic (exact) mass is 444 g/mol. The van der Waals surface area contributed by atoms with Gasteiger partial charge in [-0.15, -0.1) is 0 Å². The van der Waals surface area contributed by atoms with Crippen molar-refractivity contribution in [2.24, 2.45) is 40.9 Å². The van der Waals surface area contributed by atoms with Gasteiger partial charge in [-0.05, 0) is 80.0 Å². The Balaban J connectivity index is 1.75. The molecular weight excluding hydrogens is 396 g/mol. The zero-order chi connectivity index (χ0) is 23.5. The SMILES string of the molecule is CC(=O)O[C@H]1C/C=C(\C)[C@H]2CC[C@]3(C)[C@@H]([C@H](C)CCCC(C)C)CC[C@H]3[C@@H]2CCC(=O)C1. The lowest BCUT2D eigenvalue weighted by Gasteiger charge is -2.50. The molecule has 0 aliphatic heterocycles. The quantitative estimate of drug-likeness (QED) is 0.314. The van der Waals surface area contributed by atoms with Crippen LogP contribution in [0.4, 0.5) is 0 Å². The van der Waals surface area contributed by atoms with E-state index < -0.39 is 0 Å². The Morgan fingerprint density at radius 3 is 2.59 bits per heavy atom. The standard InChI is InChI=1S/C29H48O3/c1-19(2)8-7-9-21(4)27-14-15-28-26-13-11-23(31)18-24(32-22(5)30)12-10-20(3)25(26)16-17-29(27,28)6/h10,19,21,24-28H,7-9,11-18H2,1-6H3/b20-10+/t21-,24+,25-,26-,27-,28+,29-/m1/s1. The third kappa shape index (κ3) is 5.86. The summed E-state index contributed by atoms with van der Waals surface area (Å²) >= 11 is 0. The first-order valence-corrected chi connectivity index (χ1v) is 13.5. The molecule has 0 aromatic rings. The van der Waals surface area contributed by atoms with E-state index in [9.17, 15) is 9.59 Å². The minimum Gasteiger partial charge on any atom is -0.462 e. The third-order valence-electron chi connectivity index (χ3n) is 9.47. The highest BCUT2D eigenvalue weighted by atomic mass is 16.5. The zero-order valence-corrected chi connectivity index (χ0v) is 21.6. The lowest BCUT2D eigenvalue weighted by molar-refractivity contribution is -0.147. The smallest absolute Gasteiger partial charge is 0.302 e. The van der Waals surface area contributed by atoms with Crippen molar-refractivity contribution in [3.8, 4) is 0 Å². The molecular formula is C29H48O3. The van der Waals surface area contributed by atoms with E-state index in [4.69, 9.17) is 4.74 Å². The summed E-state index contributed by atoms with van der Waals surface area (Å²) in [6.45, 7) is 13.5. The number of carbonyl (C=O) groups excluding carboxylic acids is 2. The second-order valence-electron chi connectivity index (χ2n) is 12.1. The van der Waals surface area contributed by atoms with Gasteiger partial charge in [0.1, 0.15) is 11.9 Å². The van der Waals surface area contributed by atoms with Gasteiger partial charge in [-0.2, -0.15) is 0 Å². The number of rotatable bonds is 6. The molecule has 0 bridgehead atoms. The third-order valence-corrected chi connectivity index (χ3v) is 9.47. The maximum Gasteiger partial charge on any atom is 0.302 e. The number of hydrogen-bond donors (Lipinski definition) is 0. The highest BCUT2D eigenvalue weighted by molar-refractivity contribution is 5.79. The Morgan fingerprint density at radius 1 is 1.16 bits per heavy atom. The number of allylic oxidation sites excluding steroid dienone is 1. The molecule has 0 aromatic carbocycles. The van der Waals surface area contributed by atoms with E-state index in [1.165, 1.54) is 57.4 Å². The molecule has 2 fully saturated rings. The summed E-state index contributed by atoms with van der Waals surface area (Å²) in [5, 5.41) is 0. The fourth-order valence-electron chi connectivity index (χ4n) is 7.84. The van der Waals surface area contributed by atoms with Crippen LogP contribution >= 0.6 is 0 Å². The van der Waals surface area contributed by atoms with Crippen LogP contribution in [0.2, 0.25) is 0 Å². The van der Waals surface area contributed by atoms with Crippen LogP contribution in [0, 0.1) is 40.9 Å². The van der Waals surface area contributed by atoms with Crippen LogP contribution in [-0.4, -0.2) is 17.9 Å². The van der Waals surface area contributed by atoms with Gasteiger partial charge in [0.15, 0.2) is 0 Å². The van der Waals surface area contributed by atoms with Crippen molar-refractivity contribution in [1.82, 2.24) is 0 Å². The predicted molar refractivity (Wildman–Crippen MR) is 131 cm³/mol. The molecule has 0 aromatic heterocycles. The van der Waals surface area contributed by atoms with Gasteiger partial charge < -0.3 is 4.74 Å². The van der Waals surface area contributed by atoms with E-state index in [0.29, 0.717) is 36.5 Å². The van der Waals surface area contributed by atoms with Crippen molar-refractivity contribution in [2.45, 2.75) is 118 Å². The van der Waals surface area contributed by atoms with Crippen molar-refractivity contribution in [1.29, 1.82) is 0 Å². The number of ketones is 1. The van der Waals surface area contributed by atoms with Gasteiger partial charge in [-0.3, -0.25) is 9.59 Å². The van der Waals surface area contributed by atoms with Crippen LogP contribution in [0.1, 0.15) is 112 Å². The molecule has 0 unspecified atom stereocenters. The van der Waals surface area contributed by atoms with Gasteiger partial charge >= 0.3 is 5.97 Å². The van der Waals surface area contributed by atoms with Gasteiger partial charge in [0, 0.05) is 26.2 Å². The van der Waals surface area contributed by atoms with Crippen molar-refractivity contribution in [2.75, 3.05) is 0 Å². The fraction of sp³-hybridized carbons (Fsp3) is 0.862. The van der Waals surface area contributed by atoms with Gasteiger partial charge in [0.25, 0.3) is 0 Å². The van der Waals surface area contributed by atoms with Crippen LogP contribution in [0.25, 0.3) is 0 Å². The maximum absolute atomic E-state index is 12.8. The van der Waals surface area contributed by atoms with E-state index >= 15 is 0 Å². The van der Waals surface area contributed by atoms with E-state index in [1.807, 2.05) is 0 Å². The summed E-state index contributed by atoms with van der Waals surface area (Å²) in [5.74, 6) is 4.41. The Kier molecular flexibility index (Phi) is 8.66. The lowest BCUT2D eigenvalue weighted by Crippen LogP contribution is -2.43. The molecule has 7 atom stereocenters. The number of hydrogen-bond acceptors (Lipinski definition) is 3. The van der Waals surface area contributed by atoms with Gasteiger partial charge in [0.05, 0.1) is 0 Å². The largest absolute Gasteiger partial charge is 0.462 e. The van der Waals surface area contributed by atoms with E-state index in [-0.39, 0.29) is 17.9 Å². The maximum atomic E-state index is 12.8. The van der Waals surface area contributed by atoms with E-state index in [0.717, 1.165) is 30.1 Å². The average molecular weight is 445 g/mol. The van der Waals surface area contributed by atoms with Crippen molar-refractivity contribution in [3.05, 3.63) is 11.6 Å². The molecule has 32 heavy (non-hydrogen) atoms. The van der Waals surface area contributed by atoms with Gasteiger partial charge in [-0.1, -0.05) is 58.6 Å². The van der Waals surface area contributed by atoms with Crippen LogP contribution < -0.4 is 0 Å². The summed E-state index contributed by atoms with van der Waals surface area (Å²) in [5.41, 5.74) is 1.91. The van der Waals surface area contributed by atoms with E-state index in [1.54, 1.807) is 0 Å². The van der Waals surface area contributed by atoms with Crippen LogP contribution in [0.5, 0.6) is 0 Å². The first-order chi connectivity index (χ1) is 15.1. The first kappa shape index (κ1) is 25.5. The molecule has 3 rings (SSSR count). The summed E-state index contributed by atoms with van der Waals surface area (Å²) in [7, 11) is 0. The fourth-order valence-corrected chi connectivity index (χ4v) is 7.84. The molecule has 0 spiro atoms. The lowest BCUT2D eigenvalue weighted by atomic mass is 9.54. The summed E-state index contributed by atoms with van der Waals surface area (Å²) in [4.78, 5) is 24.2. The Labute approximate surface area is 197 Å². The van der Waals surface area contributed by atoms with Gasteiger partial charge in [-0.25, -0.2) is 0 Å². The highest BCUT2D eigenvalue weighted by Crippen LogP contribution is 2.62. The van der Waals surface area contributed by atoms with Crippen LogP contribution in [0.15, 0.2) is 11.6 Å². The molecule has 182 valence electrons. The summed E-state index contributed by atoms with van der Waals surface area (Å²) < 4.78 is 5.45. The number of fused-ring (bicyclic) bond motifs is 3. The normalized spacial score (nSPS) is 38.4. The Bertz CT molecular complexity index is 693. The van der Waals surface area contributed by atoms with Crippen LogP contribution in [-0.2, 0) is 14.3 Å². The molecule has 3 aliphatic rings. The van der Waals surface area contributed by atoms with E-state index in [2.05, 4.69) is 40.7 Å². The number of ether oxygens (including phenoxy) is 1. The predicted octanol–water partition coefficient (Wildman–Crippen LogP) is 7.53. The van der Waals surface area contributed by atoms with Gasteiger partial charge in [0.2, 0.25) is 0 Å². The molecule has 3 heteroatoms.